The maximum Gasteiger partial charge on any atom is 0.229 e. The SMILES string of the molecule is CCCCC1CCC(c2nc(C(N)CN(C)C)no2)CC1. The highest BCUT2D eigenvalue weighted by Gasteiger charge is 2.27. The molecule has 0 amide bonds. The van der Waals surface area contributed by atoms with Gasteiger partial charge in [-0.1, -0.05) is 31.3 Å². The maximum atomic E-state index is 6.09. The predicted octanol–water partition coefficient (Wildman–Crippen LogP) is 3.10. The van der Waals surface area contributed by atoms with Gasteiger partial charge >= 0.3 is 0 Å². The Kier molecular flexibility index (Phi) is 6.18. The lowest BCUT2D eigenvalue weighted by Crippen LogP contribution is -2.26. The molecule has 21 heavy (non-hydrogen) atoms. The Morgan fingerprint density at radius 3 is 2.62 bits per heavy atom. The molecular weight excluding hydrogens is 264 g/mol. The fourth-order valence-electron chi connectivity index (χ4n) is 3.23. The summed E-state index contributed by atoms with van der Waals surface area (Å²) in [4.78, 5) is 6.59. The predicted molar refractivity (Wildman–Crippen MR) is 84.0 cm³/mol. The second-order valence-corrected chi connectivity index (χ2v) is 6.72. The minimum absolute atomic E-state index is 0.168. The second-order valence-electron chi connectivity index (χ2n) is 6.72. The zero-order chi connectivity index (χ0) is 15.2. The van der Waals surface area contributed by atoms with Gasteiger partial charge in [-0.15, -0.1) is 0 Å². The molecule has 1 aromatic heterocycles. The summed E-state index contributed by atoms with van der Waals surface area (Å²) in [6.45, 7) is 3.01. The maximum absolute atomic E-state index is 6.09. The third-order valence-electron chi connectivity index (χ3n) is 4.51. The number of nitrogens with zero attached hydrogens (tertiary/aromatic N) is 3. The summed E-state index contributed by atoms with van der Waals surface area (Å²) in [6.07, 6.45) is 9.00. The van der Waals surface area contributed by atoms with Crippen LogP contribution in [0, 0.1) is 5.92 Å². The number of rotatable bonds is 7. The first-order valence-electron chi connectivity index (χ1n) is 8.34. The fourth-order valence-corrected chi connectivity index (χ4v) is 3.23. The second kappa shape index (κ2) is 7.90. The lowest BCUT2D eigenvalue weighted by Gasteiger charge is -2.26. The largest absolute Gasteiger partial charge is 0.339 e. The summed E-state index contributed by atoms with van der Waals surface area (Å²) in [5.41, 5.74) is 6.09. The Labute approximate surface area is 128 Å². The summed E-state index contributed by atoms with van der Waals surface area (Å²) in [5.74, 6) is 2.79. The molecule has 2 N–H and O–H groups in total. The van der Waals surface area contributed by atoms with Crippen molar-refractivity contribution >= 4 is 0 Å². The molecule has 0 aromatic carbocycles. The van der Waals surface area contributed by atoms with Crippen LogP contribution >= 0.6 is 0 Å². The van der Waals surface area contributed by atoms with E-state index in [9.17, 15) is 0 Å². The number of hydrogen-bond acceptors (Lipinski definition) is 5. The van der Waals surface area contributed by atoms with E-state index in [1.165, 1.54) is 44.9 Å². The van der Waals surface area contributed by atoms with Crippen LogP contribution < -0.4 is 5.73 Å². The molecule has 0 spiro atoms. The van der Waals surface area contributed by atoms with Crippen molar-refractivity contribution < 1.29 is 4.52 Å². The van der Waals surface area contributed by atoms with Crippen molar-refractivity contribution in [2.45, 2.75) is 63.8 Å². The quantitative estimate of drug-likeness (QED) is 0.837. The van der Waals surface area contributed by atoms with E-state index in [2.05, 4.69) is 17.1 Å². The zero-order valence-corrected chi connectivity index (χ0v) is 13.7. The number of unbranched alkanes of at least 4 members (excludes halogenated alkanes) is 1. The molecule has 2 rings (SSSR count). The number of likely N-dealkylation sites (N-methyl/N-ethyl adjacent to an activating group) is 1. The van der Waals surface area contributed by atoms with Crippen LogP contribution in [0.2, 0.25) is 0 Å². The Bertz CT molecular complexity index is 410. The van der Waals surface area contributed by atoms with Crippen LogP contribution in [-0.4, -0.2) is 35.7 Å². The van der Waals surface area contributed by atoms with Gasteiger partial charge < -0.3 is 15.2 Å². The number of nitrogens with two attached hydrogens (primary N) is 1. The molecule has 0 aliphatic heterocycles. The van der Waals surface area contributed by atoms with Gasteiger partial charge in [-0.05, 0) is 45.7 Å². The molecule has 5 heteroatoms. The summed E-state index contributed by atoms with van der Waals surface area (Å²) in [7, 11) is 4.00. The van der Waals surface area contributed by atoms with Crippen LogP contribution in [0.1, 0.15) is 75.5 Å². The third kappa shape index (κ3) is 4.78. The average Bonchev–Trinajstić information content (AvgIpc) is 2.95. The molecule has 1 heterocycles. The van der Waals surface area contributed by atoms with E-state index in [0.29, 0.717) is 11.7 Å². The fraction of sp³-hybridized carbons (Fsp3) is 0.875. The first kappa shape index (κ1) is 16.4. The van der Waals surface area contributed by atoms with E-state index in [1.54, 1.807) is 0 Å². The number of aromatic nitrogens is 2. The molecule has 1 atom stereocenters. The van der Waals surface area contributed by atoms with Crippen molar-refractivity contribution in [2.75, 3.05) is 20.6 Å². The molecule has 1 aliphatic carbocycles. The van der Waals surface area contributed by atoms with E-state index in [4.69, 9.17) is 10.3 Å². The van der Waals surface area contributed by atoms with Crippen molar-refractivity contribution in [2.24, 2.45) is 11.7 Å². The Balaban J connectivity index is 1.85. The first-order valence-corrected chi connectivity index (χ1v) is 8.34. The molecule has 1 fully saturated rings. The van der Waals surface area contributed by atoms with Crippen LogP contribution in [0.15, 0.2) is 4.52 Å². The van der Waals surface area contributed by atoms with Crippen LogP contribution in [0.3, 0.4) is 0 Å². The molecule has 0 saturated heterocycles. The minimum atomic E-state index is -0.168. The molecule has 0 radical (unpaired) electrons. The van der Waals surface area contributed by atoms with E-state index in [0.717, 1.165) is 18.4 Å². The van der Waals surface area contributed by atoms with Gasteiger partial charge in [-0.2, -0.15) is 4.98 Å². The van der Waals surface area contributed by atoms with Gasteiger partial charge in [0, 0.05) is 12.5 Å². The average molecular weight is 294 g/mol. The van der Waals surface area contributed by atoms with Gasteiger partial charge in [0.25, 0.3) is 0 Å². The lowest BCUT2D eigenvalue weighted by atomic mass is 9.80. The highest BCUT2D eigenvalue weighted by atomic mass is 16.5. The molecule has 1 saturated carbocycles. The van der Waals surface area contributed by atoms with Crippen molar-refractivity contribution in [1.29, 1.82) is 0 Å². The molecule has 0 bridgehead atoms. The standard InChI is InChI=1S/C16H30N4O/c1-4-5-6-12-7-9-13(10-8-12)16-18-15(19-21-16)14(17)11-20(2)3/h12-14H,4-11,17H2,1-3H3. The minimum Gasteiger partial charge on any atom is -0.339 e. The Hall–Kier alpha value is -0.940. The molecule has 1 aliphatic rings. The van der Waals surface area contributed by atoms with Gasteiger partial charge in [-0.3, -0.25) is 0 Å². The Morgan fingerprint density at radius 2 is 2.00 bits per heavy atom. The Morgan fingerprint density at radius 1 is 1.29 bits per heavy atom. The summed E-state index contributed by atoms with van der Waals surface area (Å²) in [6, 6.07) is -0.168. The summed E-state index contributed by atoms with van der Waals surface area (Å²) in [5, 5.41) is 4.08. The van der Waals surface area contributed by atoms with E-state index >= 15 is 0 Å². The molecular formula is C16H30N4O. The van der Waals surface area contributed by atoms with Gasteiger partial charge in [0.05, 0.1) is 6.04 Å². The van der Waals surface area contributed by atoms with Crippen LogP contribution in [0.5, 0.6) is 0 Å². The van der Waals surface area contributed by atoms with Crippen LogP contribution in [0.25, 0.3) is 0 Å². The highest BCUT2D eigenvalue weighted by molar-refractivity contribution is 4.99. The summed E-state index contributed by atoms with van der Waals surface area (Å²) < 4.78 is 5.46. The van der Waals surface area contributed by atoms with E-state index in [1.807, 2.05) is 19.0 Å². The zero-order valence-electron chi connectivity index (χ0n) is 13.7. The lowest BCUT2D eigenvalue weighted by molar-refractivity contribution is 0.259. The molecule has 1 aromatic rings. The van der Waals surface area contributed by atoms with Crippen molar-refractivity contribution in [1.82, 2.24) is 15.0 Å². The first-order chi connectivity index (χ1) is 10.1. The van der Waals surface area contributed by atoms with E-state index < -0.39 is 0 Å². The van der Waals surface area contributed by atoms with Crippen LogP contribution in [-0.2, 0) is 0 Å². The van der Waals surface area contributed by atoms with Crippen molar-refractivity contribution in [3.8, 4) is 0 Å². The highest BCUT2D eigenvalue weighted by Crippen LogP contribution is 2.37. The van der Waals surface area contributed by atoms with Gasteiger partial charge in [0.1, 0.15) is 0 Å². The molecule has 1 unspecified atom stereocenters. The molecule has 120 valence electrons. The molecule has 5 nitrogen and oxygen atoms in total. The normalized spacial score (nSPS) is 24.4. The monoisotopic (exact) mass is 294 g/mol. The van der Waals surface area contributed by atoms with E-state index in [-0.39, 0.29) is 6.04 Å². The van der Waals surface area contributed by atoms with Crippen molar-refractivity contribution in [3.63, 3.8) is 0 Å². The smallest absolute Gasteiger partial charge is 0.229 e. The topological polar surface area (TPSA) is 68.2 Å². The van der Waals surface area contributed by atoms with Gasteiger partial charge in [0.2, 0.25) is 5.89 Å². The van der Waals surface area contributed by atoms with Gasteiger partial charge in [0.15, 0.2) is 5.82 Å². The summed E-state index contributed by atoms with van der Waals surface area (Å²) >= 11 is 0. The number of hydrogen-bond donors (Lipinski definition) is 1. The van der Waals surface area contributed by atoms with Crippen molar-refractivity contribution in [3.05, 3.63) is 11.7 Å². The van der Waals surface area contributed by atoms with Gasteiger partial charge in [-0.25, -0.2) is 0 Å². The van der Waals surface area contributed by atoms with Crippen LogP contribution in [0.4, 0.5) is 0 Å². The third-order valence-corrected chi connectivity index (χ3v) is 4.51.